The highest BCUT2D eigenvalue weighted by Gasteiger charge is 2.23. The van der Waals surface area contributed by atoms with Gasteiger partial charge in [-0.15, -0.1) is 0 Å². The summed E-state index contributed by atoms with van der Waals surface area (Å²) in [5.41, 5.74) is 7.18. The van der Waals surface area contributed by atoms with E-state index in [1.807, 2.05) is 37.3 Å². The zero-order valence-corrected chi connectivity index (χ0v) is 14.1. The molecular weight excluding hydrogens is 352 g/mol. The normalized spacial score (nSPS) is 11.8. The fourth-order valence-corrected chi connectivity index (χ4v) is 3.97. The van der Waals surface area contributed by atoms with Gasteiger partial charge < -0.3 is 5.73 Å². The first-order valence-corrected chi connectivity index (χ1v) is 8.77. The fraction of sp³-hybridized carbons (Fsp3) is 0.200. The van der Waals surface area contributed by atoms with Crippen molar-refractivity contribution in [3.63, 3.8) is 0 Å². The van der Waals surface area contributed by atoms with Crippen LogP contribution in [0, 0.1) is 0 Å². The molecule has 0 saturated heterocycles. The van der Waals surface area contributed by atoms with Crippen LogP contribution in [0.25, 0.3) is 0 Å². The van der Waals surface area contributed by atoms with Gasteiger partial charge in [-0.3, -0.25) is 0 Å². The van der Waals surface area contributed by atoms with Gasteiger partial charge in [0.2, 0.25) is 10.0 Å². The van der Waals surface area contributed by atoms with Gasteiger partial charge in [0.15, 0.2) is 0 Å². The molecule has 0 aliphatic carbocycles. The zero-order valence-electron chi connectivity index (χ0n) is 11.7. The largest absolute Gasteiger partial charge is 0.398 e. The number of rotatable bonds is 5. The molecule has 2 aromatic carbocycles. The van der Waals surface area contributed by atoms with Crippen LogP contribution in [0.2, 0.25) is 0 Å². The molecule has 21 heavy (non-hydrogen) atoms. The first-order chi connectivity index (χ1) is 9.95. The van der Waals surface area contributed by atoms with Crippen molar-refractivity contribution >= 4 is 31.6 Å². The van der Waals surface area contributed by atoms with Crippen LogP contribution in [0.15, 0.2) is 57.9 Å². The van der Waals surface area contributed by atoms with Gasteiger partial charge in [-0.05, 0) is 39.7 Å². The van der Waals surface area contributed by atoms with Crippen molar-refractivity contribution in [2.75, 3.05) is 12.3 Å². The van der Waals surface area contributed by atoms with E-state index in [1.54, 1.807) is 12.1 Å². The van der Waals surface area contributed by atoms with Crippen molar-refractivity contribution in [1.82, 2.24) is 4.31 Å². The number of anilines is 1. The van der Waals surface area contributed by atoms with Gasteiger partial charge in [0.05, 0.1) is 4.90 Å². The van der Waals surface area contributed by atoms with Crippen LogP contribution in [-0.2, 0) is 16.6 Å². The van der Waals surface area contributed by atoms with Crippen molar-refractivity contribution in [3.05, 3.63) is 58.6 Å². The number of hydrogen-bond donors (Lipinski definition) is 1. The second kappa shape index (κ2) is 6.60. The molecule has 2 rings (SSSR count). The van der Waals surface area contributed by atoms with Crippen LogP contribution in [-0.4, -0.2) is 19.3 Å². The summed E-state index contributed by atoms with van der Waals surface area (Å²) in [4.78, 5) is 0.237. The van der Waals surface area contributed by atoms with E-state index in [0.717, 1.165) is 5.56 Å². The smallest absolute Gasteiger partial charge is 0.243 e. The van der Waals surface area contributed by atoms with Crippen molar-refractivity contribution in [1.29, 1.82) is 0 Å². The lowest BCUT2D eigenvalue weighted by Gasteiger charge is -2.21. The number of nitrogen functional groups attached to an aromatic ring is 1. The Bertz CT molecular complexity index is 718. The lowest BCUT2D eigenvalue weighted by atomic mass is 10.2. The highest BCUT2D eigenvalue weighted by molar-refractivity contribution is 9.10. The highest BCUT2D eigenvalue weighted by atomic mass is 79.9. The molecule has 6 heteroatoms. The van der Waals surface area contributed by atoms with Gasteiger partial charge in [-0.2, -0.15) is 4.31 Å². The first-order valence-electron chi connectivity index (χ1n) is 6.54. The topological polar surface area (TPSA) is 63.4 Å². The standard InChI is InChI=1S/C15H17BrN2O2S/c1-2-18(11-12-6-4-3-5-7-12)21(19,20)13-8-9-15(17)14(16)10-13/h3-10H,2,11,17H2,1H3. The maximum atomic E-state index is 12.7. The van der Waals surface area contributed by atoms with E-state index in [0.29, 0.717) is 23.2 Å². The van der Waals surface area contributed by atoms with Gasteiger partial charge in [0.1, 0.15) is 0 Å². The van der Waals surface area contributed by atoms with E-state index in [1.165, 1.54) is 10.4 Å². The summed E-state index contributed by atoms with van der Waals surface area (Å²) in [6, 6.07) is 14.2. The molecule has 0 amide bonds. The Hall–Kier alpha value is -1.37. The van der Waals surface area contributed by atoms with E-state index in [9.17, 15) is 8.42 Å². The number of sulfonamides is 1. The second-order valence-corrected chi connectivity index (χ2v) is 7.39. The average Bonchev–Trinajstić information content (AvgIpc) is 2.48. The second-order valence-electron chi connectivity index (χ2n) is 4.60. The predicted octanol–water partition coefficient (Wildman–Crippen LogP) is 3.24. The van der Waals surface area contributed by atoms with Gasteiger partial charge in [-0.1, -0.05) is 37.3 Å². The molecule has 0 spiro atoms. The molecule has 112 valence electrons. The molecule has 0 fully saturated rings. The SMILES string of the molecule is CCN(Cc1ccccc1)S(=O)(=O)c1ccc(N)c(Br)c1. The number of benzene rings is 2. The Labute approximate surface area is 133 Å². The quantitative estimate of drug-likeness (QED) is 0.823. The van der Waals surface area contributed by atoms with Crippen molar-refractivity contribution < 1.29 is 8.42 Å². The third-order valence-corrected chi connectivity index (χ3v) is 5.77. The average molecular weight is 369 g/mol. The minimum Gasteiger partial charge on any atom is -0.398 e. The molecule has 0 heterocycles. The van der Waals surface area contributed by atoms with E-state index in [-0.39, 0.29) is 4.90 Å². The summed E-state index contributed by atoms with van der Waals surface area (Å²) in [6.45, 7) is 2.58. The van der Waals surface area contributed by atoms with Gasteiger partial charge in [0, 0.05) is 23.2 Å². The van der Waals surface area contributed by atoms with Gasteiger partial charge in [0.25, 0.3) is 0 Å². The number of nitrogens with two attached hydrogens (primary N) is 1. The number of nitrogens with zero attached hydrogens (tertiary/aromatic N) is 1. The Kier molecular flexibility index (Phi) is 5.03. The van der Waals surface area contributed by atoms with Crippen LogP contribution in [0.4, 0.5) is 5.69 Å². The van der Waals surface area contributed by atoms with Crippen LogP contribution < -0.4 is 5.73 Å². The highest BCUT2D eigenvalue weighted by Crippen LogP contribution is 2.25. The fourth-order valence-electron chi connectivity index (χ4n) is 1.97. The molecule has 2 aromatic rings. The summed E-state index contributed by atoms with van der Waals surface area (Å²) >= 11 is 3.27. The molecule has 0 radical (unpaired) electrons. The monoisotopic (exact) mass is 368 g/mol. The van der Waals surface area contributed by atoms with Crippen molar-refractivity contribution in [3.8, 4) is 0 Å². The lowest BCUT2D eigenvalue weighted by molar-refractivity contribution is 0.423. The van der Waals surface area contributed by atoms with Crippen LogP contribution in [0.5, 0.6) is 0 Å². The Morgan fingerprint density at radius 2 is 1.81 bits per heavy atom. The first kappa shape index (κ1) is 16.0. The number of halogens is 1. The van der Waals surface area contributed by atoms with Gasteiger partial charge in [-0.25, -0.2) is 8.42 Å². The van der Waals surface area contributed by atoms with E-state index >= 15 is 0 Å². The molecule has 0 unspecified atom stereocenters. The summed E-state index contributed by atoms with van der Waals surface area (Å²) < 4.78 is 27.4. The summed E-state index contributed by atoms with van der Waals surface area (Å²) in [5.74, 6) is 0. The third kappa shape index (κ3) is 3.64. The Morgan fingerprint density at radius 1 is 1.14 bits per heavy atom. The molecule has 0 saturated carbocycles. The molecule has 2 N–H and O–H groups in total. The minimum atomic E-state index is -3.54. The van der Waals surface area contributed by atoms with E-state index in [4.69, 9.17) is 5.73 Å². The van der Waals surface area contributed by atoms with Crippen molar-refractivity contribution in [2.24, 2.45) is 0 Å². The molecule has 0 aliphatic heterocycles. The summed E-state index contributed by atoms with van der Waals surface area (Å²) in [5, 5.41) is 0. The predicted molar refractivity (Wildman–Crippen MR) is 88.3 cm³/mol. The minimum absolute atomic E-state index is 0.237. The maximum Gasteiger partial charge on any atom is 0.243 e. The van der Waals surface area contributed by atoms with Crippen LogP contribution in [0.1, 0.15) is 12.5 Å². The van der Waals surface area contributed by atoms with Gasteiger partial charge >= 0.3 is 0 Å². The molecule has 0 aromatic heterocycles. The molecule has 0 aliphatic rings. The maximum absolute atomic E-state index is 12.7. The molecule has 4 nitrogen and oxygen atoms in total. The zero-order chi connectivity index (χ0) is 15.5. The van der Waals surface area contributed by atoms with Crippen molar-refractivity contribution in [2.45, 2.75) is 18.4 Å². The van der Waals surface area contributed by atoms with Crippen LogP contribution >= 0.6 is 15.9 Å². The van der Waals surface area contributed by atoms with E-state index < -0.39 is 10.0 Å². The Morgan fingerprint density at radius 3 is 2.38 bits per heavy atom. The summed E-state index contributed by atoms with van der Waals surface area (Å²) in [7, 11) is -3.54. The van der Waals surface area contributed by atoms with E-state index in [2.05, 4.69) is 15.9 Å². The lowest BCUT2D eigenvalue weighted by Crippen LogP contribution is -2.30. The number of hydrogen-bond acceptors (Lipinski definition) is 3. The Balaban J connectivity index is 2.33. The third-order valence-electron chi connectivity index (χ3n) is 3.16. The summed E-state index contributed by atoms with van der Waals surface area (Å²) in [6.07, 6.45) is 0. The molecular formula is C15H17BrN2O2S. The van der Waals surface area contributed by atoms with Crippen LogP contribution in [0.3, 0.4) is 0 Å². The molecule has 0 bridgehead atoms. The molecule has 0 atom stereocenters.